The van der Waals surface area contributed by atoms with Crippen LogP contribution in [0.3, 0.4) is 0 Å². The molecule has 0 saturated heterocycles. The summed E-state index contributed by atoms with van der Waals surface area (Å²) in [5.41, 5.74) is 52.4. The van der Waals surface area contributed by atoms with Crippen LogP contribution in [0.25, 0.3) is 71.2 Å². The molecule has 0 saturated carbocycles. The molecule has 0 fully saturated rings. The molecule has 10 aliphatic rings. The van der Waals surface area contributed by atoms with E-state index in [1.165, 1.54) is 210 Å². The molecule has 8 nitrogen and oxygen atoms in total. The lowest BCUT2D eigenvalue weighted by Crippen LogP contribution is -2.54. The normalized spacial score (nSPS) is 15.2. The van der Waals surface area contributed by atoms with E-state index in [-0.39, 0.29) is 55.1 Å². The molecule has 0 bridgehead atoms. The summed E-state index contributed by atoms with van der Waals surface area (Å²) in [7, 11) is 0. The quantitative estimate of drug-likeness (QED) is 0.126. The molecule has 20 aromatic rings. The standard InChI is InChI=1S/C38H27BN2O.C36H36BNS.C32H28BNO.C30H24BNO/c1-4-13-26(14-5-1)40(27-15-6-2-7-16-27)29-23-24-32-34(25-29)41(28-17-8-3-9-18-28)33-21-12-20-31-36(33)39(32)37-30-19-10-11-22-35(30)42-38(31)37;1-8-22-14-17-31-26(18-22)32-27-19-24(36(5,6)7)21-30-33(27)37(34(32)39-31)28-16-15-23(35(2,3)4)20-29(28)38(30)25-12-10-9-11-13-25;1-19(2)21-12-15-23(16-13-21)34-27-10-7-9-25-30-24-8-5-6-11-29(24)35-32(30)33(31(25)27)26-17-14-22(20(3)4)18-28(26)34;1-30(2,3)19-16-17-26-22(18-19)27-21-12-9-15-25-28(21)31(29(27)33-26)23-13-7-8-14-24(23)32(25)20-10-5-4-6-11-20/h1-25,30,35H;9-21H,8H2,1-7H3;5-20H,1-4H3;4-18H,1-3H3. The lowest BCUT2D eigenvalue weighted by molar-refractivity contribution is 0.212. The highest BCUT2D eigenvalue weighted by molar-refractivity contribution is 7.34. The third-order valence-electron chi connectivity index (χ3n) is 32.8. The van der Waals surface area contributed by atoms with Crippen molar-refractivity contribution >= 4 is 221 Å². The summed E-state index contributed by atoms with van der Waals surface area (Å²) in [6.07, 6.45) is 9.93. The van der Waals surface area contributed by atoms with E-state index in [0.717, 1.165) is 57.4 Å². The van der Waals surface area contributed by atoms with Crippen molar-refractivity contribution in [3.63, 3.8) is 0 Å². The molecule has 0 radical (unpaired) electrons. The van der Waals surface area contributed by atoms with Gasteiger partial charge < -0.3 is 38.1 Å². The Balaban J connectivity index is 0.0000000983. The number of allylic oxidation sites excluding steroid dienone is 2. The van der Waals surface area contributed by atoms with Gasteiger partial charge in [-0.3, -0.25) is 0 Å². The highest BCUT2D eigenvalue weighted by Gasteiger charge is 2.54. The van der Waals surface area contributed by atoms with E-state index < -0.39 is 0 Å². The number of rotatable bonds is 10. The van der Waals surface area contributed by atoms with Gasteiger partial charge in [-0.2, -0.15) is 0 Å². The second kappa shape index (κ2) is 35.1. The minimum Gasteiger partial charge on any atom is -0.486 e. The Morgan fingerprint density at radius 2 is 0.779 bits per heavy atom. The second-order valence-electron chi connectivity index (χ2n) is 45.4. The van der Waals surface area contributed by atoms with Gasteiger partial charge in [-0.1, -0.05) is 340 Å². The van der Waals surface area contributed by atoms with Crippen molar-refractivity contribution in [1.29, 1.82) is 0 Å². The first-order chi connectivity index (χ1) is 72.5. The number of nitrogens with zero attached hydrogens (tertiary/aromatic N) is 5. The molecule has 9 aliphatic heterocycles. The molecular weight excluding hydrogens is 1830 g/mol. The van der Waals surface area contributed by atoms with Crippen LogP contribution in [0.1, 0.15) is 148 Å². The van der Waals surface area contributed by atoms with E-state index in [2.05, 4.69) is 528 Å². The minimum atomic E-state index is 0.0417. The van der Waals surface area contributed by atoms with E-state index in [4.69, 9.17) is 13.6 Å². The number of hydrogen-bond donors (Lipinski definition) is 0. The molecule has 720 valence electrons. The monoisotopic (exact) mass is 1940 g/mol. The van der Waals surface area contributed by atoms with Crippen LogP contribution in [0, 0.1) is 5.92 Å². The lowest BCUT2D eigenvalue weighted by atomic mass is 9.34. The average Bonchev–Trinajstić information content (AvgIpc) is 1.61. The van der Waals surface area contributed by atoms with Gasteiger partial charge in [0.1, 0.15) is 23.0 Å². The summed E-state index contributed by atoms with van der Waals surface area (Å²) < 4.78 is 22.8. The maximum atomic E-state index is 6.68. The maximum absolute atomic E-state index is 6.68. The molecule has 149 heavy (non-hydrogen) atoms. The fraction of sp³-hybridized carbons (Fsp3) is 0.162. The third kappa shape index (κ3) is 14.7. The van der Waals surface area contributed by atoms with Gasteiger partial charge in [-0.25, -0.2) is 0 Å². The Morgan fingerprint density at radius 3 is 1.39 bits per heavy atom. The Labute approximate surface area is 880 Å². The number of benzene rings is 17. The summed E-state index contributed by atoms with van der Waals surface area (Å²) in [6, 6.07) is 140. The van der Waals surface area contributed by atoms with Gasteiger partial charge in [0.2, 0.25) is 6.71 Å². The van der Waals surface area contributed by atoms with Crippen molar-refractivity contribution in [2.24, 2.45) is 5.92 Å². The van der Waals surface area contributed by atoms with Crippen molar-refractivity contribution in [2.45, 2.75) is 138 Å². The number of hydrogen-bond acceptors (Lipinski definition) is 9. The zero-order valence-corrected chi connectivity index (χ0v) is 87.7. The number of furan rings is 2. The van der Waals surface area contributed by atoms with Crippen LogP contribution >= 0.6 is 11.3 Å². The fourth-order valence-electron chi connectivity index (χ4n) is 25.5. The number of fused-ring (bicyclic) bond motifs is 27. The molecule has 3 aromatic heterocycles. The van der Waals surface area contributed by atoms with Crippen molar-refractivity contribution in [3.05, 3.63) is 451 Å². The molecule has 30 rings (SSSR count). The maximum Gasteiger partial charge on any atom is 0.293 e. The predicted octanol–water partition coefficient (Wildman–Crippen LogP) is 29.3. The van der Waals surface area contributed by atoms with E-state index in [9.17, 15) is 0 Å². The van der Waals surface area contributed by atoms with Crippen LogP contribution in [0.2, 0.25) is 0 Å². The van der Waals surface area contributed by atoms with E-state index >= 15 is 0 Å². The predicted molar refractivity (Wildman–Crippen MR) is 637 cm³/mol. The van der Waals surface area contributed by atoms with Crippen LogP contribution in [0.4, 0.5) is 85.3 Å². The molecule has 0 spiro atoms. The second-order valence-corrected chi connectivity index (χ2v) is 46.5. The van der Waals surface area contributed by atoms with Crippen LogP contribution in [-0.2, 0) is 27.4 Å². The summed E-state index contributed by atoms with van der Waals surface area (Å²) in [4.78, 5) is 12.2. The highest BCUT2D eigenvalue weighted by atomic mass is 32.1. The van der Waals surface area contributed by atoms with E-state index in [1.807, 2.05) is 11.3 Å². The molecule has 2 atom stereocenters. The Bertz CT molecular complexity index is 8890. The van der Waals surface area contributed by atoms with Gasteiger partial charge in [-0.15, -0.1) is 11.3 Å². The third-order valence-corrected chi connectivity index (χ3v) is 34.1. The Morgan fingerprint density at radius 1 is 0.322 bits per heavy atom. The minimum absolute atomic E-state index is 0.0417. The zero-order valence-electron chi connectivity index (χ0n) is 86.9. The number of ether oxygens (including phenoxy) is 1. The first-order valence-corrected chi connectivity index (χ1v) is 54.1. The SMILES string of the molecule is C1=CC2OC3=C(B4c5ccc(N(c6ccccc6)c6ccccc6)cc5N(c5ccccc5)c5cccc3c54)C2C=C1.CC(C)(C)c1ccc2oc3c(c2c1)-c1cccc2c1B3c1ccccc1N2c1ccccc1.CC(C)c1ccc(N2c3cc(C(C)C)ccc3B3c4oc5ccccc5c4-c4cccc2c43)cc1.CCc1ccc2sc3c(c2c1)-c1cc(C(C)(C)C)cc2c1B3c1ccc(C(C)(C)C)cc1N2c1ccccc1. The molecule has 1 aliphatic carbocycles. The molecule has 2 unspecified atom stereocenters. The average molecular weight is 1940 g/mol. The molecule has 0 N–H and O–H groups in total. The number of para-hydroxylation sites is 7. The van der Waals surface area contributed by atoms with Gasteiger partial charge in [-0.05, 0) is 313 Å². The molecule has 13 heteroatoms. The lowest BCUT2D eigenvalue weighted by Gasteiger charge is -2.38. The van der Waals surface area contributed by atoms with E-state index in [0.29, 0.717) is 11.8 Å². The first-order valence-electron chi connectivity index (χ1n) is 53.3. The van der Waals surface area contributed by atoms with Crippen LogP contribution < -0.4 is 84.3 Å². The Kier molecular flexibility index (Phi) is 21.6. The van der Waals surface area contributed by atoms with Gasteiger partial charge in [0.05, 0.1) is 11.3 Å². The molecule has 17 aromatic carbocycles. The van der Waals surface area contributed by atoms with Crippen molar-refractivity contribution < 1.29 is 13.6 Å². The van der Waals surface area contributed by atoms with Crippen LogP contribution in [0.15, 0.2) is 421 Å². The van der Waals surface area contributed by atoms with Crippen LogP contribution in [0.5, 0.6) is 0 Å². The molecule has 0 amide bonds. The number of aryl methyl sites for hydroxylation is 1. The number of thiophene rings is 1. The fourth-order valence-corrected chi connectivity index (χ4v) is 26.8. The van der Waals surface area contributed by atoms with Gasteiger partial charge in [0.15, 0.2) is 0 Å². The van der Waals surface area contributed by atoms with Gasteiger partial charge >= 0.3 is 0 Å². The summed E-state index contributed by atoms with van der Waals surface area (Å²) in [6.45, 7) is 32.8. The van der Waals surface area contributed by atoms with Crippen molar-refractivity contribution in [1.82, 2.24) is 0 Å². The van der Waals surface area contributed by atoms with Gasteiger partial charge in [0.25, 0.3) is 20.1 Å². The zero-order chi connectivity index (χ0) is 101. The van der Waals surface area contributed by atoms with Crippen molar-refractivity contribution in [2.75, 3.05) is 24.5 Å². The number of anilines is 15. The Hall–Kier alpha value is -15.9. The first kappa shape index (κ1) is 91.7. The topological polar surface area (TPSA) is 51.7 Å². The van der Waals surface area contributed by atoms with E-state index in [1.54, 1.807) is 0 Å². The largest absolute Gasteiger partial charge is 0.486 e. The summed E-state index contributed by atoms with van der Waals surface area (Å²) in [5, 5.41) is 3.86. The van der Waals surface area contributed by atoms with Gasteiger partial charge in [0, 0.05) is 123 Å². The van der Waals surface area contributed by atoms with Crippen molar-refractivity contribution in [3.8, 4) is 33.4 Å². The summed E-state index contributed by atoms with van der Waals surface area (Å²) in [5.74, 6) is 2.29. The highest BCUT2D eigenvalue weighted by Crippen LogP contribution is 2.55. The molecule has 12 heterocycles. The van der Waals surface area contributed by atoms with Crippen LogP contribution in [-0.4, -0.2) is 33.0 Å². The molecular formula is C136H115B4N5O3S. The smallest absolute Gasteiger partial charge is 0.293 e. The summed E-state index contributed by atoms with van der Waals surface area (Å²) >= 11 is 2.00.